The topological polar surface area (TPSA) is 24.4 Å². The van der Waals surface area contributed by atoms with Gasteiger partial charge in [-0.15, -0.1) is 0 Å². The highest BCUT2D eigenvalue weighted by Gasteiger charge is 2.16. The summed E-state index contributed by atoms with van der Waals surface area (Å²) in [6.07, 6.45) is 1.08. The fraction of sp³-hybridized carbons (Fsp3) is 0.364. The third kappa shape index (κ3) is 2.84. The number of thioether (sulfide) groups is 1. The Balaban J connectivity index is 2.10. The molecule has 1 aliphatic heterocycles. The summed E-state index contributed by atoms with van der Waals surface area (Å²) in [7, 11) is 0. The predicted molar refractivity (Wildman–Crippen MR) is 74.1 cm³/mol. The molecule has 0 fully saturated rings. The monoisotopic (exact) mass is 274 g/mol. The van der Waals surface area contributed by atoms with Gasteiger partial charge in [0.25, 0.3) is 0 Å². The fourth-order valence-corrected chi connectivity index (χ4v) is 2.92. The van der Waals surface area contributed by atoms with Gasteiger partial charge in [-0.25, -0.2) is 0 Å². The summed E-state index contributed by atoms with van der Waals surface area (Å²) in [6.45, 7) is 2.15. The second kappa shape index (κ2) is 5.30. The molecule has 1 N–H and O–H groups in total. The van der Waals surface area contributed by atoms with Crippen LogP contribution in [0.4, 0.5) is 5.69 Å². The molecular weight excluding hydrogens is 263 g/mol. The number of anilines is 1. The predicted octanol–water partition coefficient (Wildman–Crippen LogP) is 4.29. The highest BCUT2D eigenvalue weighted by Crippen LogP contribution is 2.28. The first-order chi connectivity index (χ1) is 7.69. The molecular formula is C11H12Cl2N2S. The number of hydrogen-bond acceptors (Lipinski definition) is 3. The Morgan fingerprint density at radius 2 is 2.31 bits per heavy atom. The van der Waals surface area contributed by atoms with Crippen LogP contribution >= 0.6 is 35.0 Å². The van der Waals surface area contributed by atoms with Crippen LogP contribution in [0.2, 0.25) is 10.0 Å². The summed E-state index contributed by atoms with van der Waals surface area (Å²) >= 11 is 13.6. The van der Waals surface area contributed by atoms with Gasteiger partial charge in [-0.2, -0.15) is 0 Å². The van der Waals surface area contributed by atoms with Gasteiger partial charge >= 0.3 is 0 Å². The van der Waals surface area contributed by atoms with Crippen molar-refractivity contribution < 1.29 is 0 Å². The quantitative estimate of drug-likeness (QED) is 0.870. The molecule has 0 aromatic heterocycles. The summed E-state index contributed by atoms with van der Waals surface area (Å²) in [4.78, 5) is 4.54. The number of amidine groups is 1. The Labute approximate surface area is 109 Å². The molecule has 1 atom stereocenters. The number of rotatable bonds is 2. The zero-order chi connectivity index (χ0) is 11.5. The maximum atomic E-state index is 6.07. The van der Waals surface area contributed by atoms with Crippen molar-refractivity contribution in [1.82, 2.24) is 0 Å². The minimum atomic E-state index is 0.429. The summed E-state index contributed by atoms with van der Waals surface area (Å²) in [6, 6.07) is 5.84. The molecule has 1 unspecified atom stereocenters. The Morgan fingerprint density at radius 1 is 1.50 bits per heavy atom. The maximum absolute atomic E-state index is 6.07. The van der Waals surface area contributed by atoms with E-state index in [9.17, 15) is 0 Å². The van der Waals surface area contributed by atoms with Crippen LogP contribution in [-0.2, 0) is 0 Å². The molecule has 0 saturated carbocycles. The zero-order valence-electron chi connectivity index (χ0n) is 8.84. The molecule has 0 spiro atoms. The van der Waals surface area contributed by atoms with E-state index in [2.05, 4.69) is 17.2 Å². The summed E-state index contributed by atoms with van der Waals surface area (Å²) in [5, 5.41) is 5.43. The molecule has 1 aromatic rings. The van der Waals surface area contributed by atoms with Gasteiger partial charge in [0, 0.05) is 10.8 Å². The lowest BCUT2D eigenvalue weighted by atomic mass is 10.3. The number of aliphatic imine (C=N–C) groups is 1. The van der Waals surface area contributed by atoms with Gasteiger partial charge in [0.15, 0.2) is 5.17 Å². The Kier molecular flexibility index (Phi) is 4.00. The van der Waals surface area contributed by atoms with E-state index in [1.165, 1.54) is 0 Å². The normalized spacial score (nSPS) is 19.7. The second-order valence-electron chi connectivity index (χ2n) is 3.56. The van der Waals surface area contributed by atoms with Crippen molar-refractivity contribution in [2.24, 2.45) is 4.99 Å². The minimum absolute atomic E-state index is 0.429. The van der Waals surface area contributed by atoms with Crippen molar-refractivity contribution in [3.63, 3.8) is 0 Å². The van der Waals surface area contributed by atoms with E-state index < -0.39 is 0 Å². The number of halogens is 2. The first-order valence-electron chi connectivity index (χ1n) is 5.11. The molecule has 5 heteroatoms. The minimum Gasteiger partial charge on any atom is -0.334 e. The number of benzene rings is 1. The first-order valence-corrected chi connectivity index (χ1v) is 6.86. The van der Waals surface area contributed by atoms with Crippen LogP contribution in [0.3, 0.4) is 0 Å². The molecule has 1 heterocycles. The zero-order valence-corrected chi connectivity index (χ0v) is 11.2. The van der Waals surface area contributed by atoms with Crippen LogP contribution in [0.5, 0.6) is 0 Å². The van der Waals surface area contributed by atoms with Crippen LogP contribution in [-0.4, -0.2) is 17.0 Å². The van der Waals surface area contributed by atoms with Crippen LogP contribution in [0.25, 0.3) is 0 Å². The van der Waals surface area contributed by atoms with E-state index in [-0.39, 0.29) is 0 Å². The summed E-state index contributed by atoms with van der Waals surface area (Å²) in [5.74, 6) is 1.05. The summed E-state index contributed by atoms with van der Waals surface area (Å²) < 4.78 is 0. The lowest BCUT2D eigenvalue weighted by molar-refractivity contribution is 0.738. The van der Waals surface area contributed by atoms with Gasteiger partial charge in [0.2, 0.25) is 0 Å². The molecule has 2 nitrogen and oxygen atoms in total. The van der Waals surface area contributed by atoms with Gasteiger partial charge in [0.1, 0.15) is 0 Å². The van der Waals surface area contributed by atoms with E-state index >= 15 is 0 Å². The molecule has 2 rings (SSSR count). The lowest BCUT2D eigenvalue weighted by Gasteiger charge is -2.07. The van der Waals surface area contributed by atoms with Gasteiger partial charge < -0.3 is 5.32 Å². The highest BCUT2D eigenvalue weighted by atomic mass is 35.5. The lowest BCUT2D eigenvalue weighted by Crippen LogP contribution is -2.05. The smallest absolute Gasteiger partial charge is 0.161 e. The third-order valence-corrected chi connectivity index (χ3v) is 3.94. The number of nitrogens with one attached hydrogen (secondary N) is 1. The van der Waals surface area contributed by atoms with Gasteiger partial charge in [-0.05, 0) is 24.6 Å². The van der Waals surface area contributed by atoms with Crippen molar-refractivity contribution in [2.75, 3.05) is 11.1 Å². The van der Waals surface area contributed by atoms with E-state index in [1.807, 2.05) is 12.1 Å². The average Bonchev–Trinajstić information content (AvgIpc) is 2.70. The van der Waals surface area contributed by atoms with Crippen molar-refractivity contribution in [3.8, 4) is 0 Å². The van der Waals surface area contributed by atoms with Crippen molar-refractivity contribution in [2.45, 2.75) is 19.4 Å². The fourth-order valence-electron chi connectivity index (χ4n) is 1.40. The molecule has 0 radical (unpaired) electrons. The molecule has 1 aliphatic rings. The molecule has 86 valence electrons. The van der Waals surface area contributed by atoms with Crippen LogP contribution in [0.1, 0.15) is 13.3 Å². The van der Waals surface area contributed by atoms with Gasteiger partial charge in [-0.1, -0.05) is 41.9 Å². The number of hydrogen-bond donors (Lipinski definition) is 1. The number of nitrogens with zero attached hydrogens (tertiary/aromatic N) is 1. The van der Waals surface area contributed by atoms with Crippen LogP contribution < -0.4 is 5.32 Å². The van der Waals surface area contributed by atoms with E-state index in [1.54, 1.807) is 17.8 Å². The standard InChI is InChI=1S/C11H12Cl2N2S/c1-2-8-6-16-11(14-8)15-10-4-3-7(12)5-9(10)13/h3-5,8H,2,6H2,1H3,(H,14,15). The highest BCUT2D eigenvalue weighted by molar-refractivity contribution is 8.14. The van der Waals surface area contributed by atoms with Crippen molar-refractivity contribution in [1.29, 1.82) is 0 Å². The Bertz CT molecular complexity index is 420. The van der Waals surface area contributed by atoms with E-state index in [0.29, 0.717) is 16.1 Å². The molecule has 0 saturated heterocycles. The molecule has 16 heavy (non-hydrogen) atoms. The molecule has 0 bridgehead atoms. The second-order valence-corrected chi connectivity index (χ2v) is 5.41. The molecule has 0 amide bonds. The first kappa shape index (κ1) is 12.1. The van der Waals surface area contributed by atoms with E-state index in [4.69, 9.17) is 23.2 Å². The van der Waals surface area contributed by atoms with E-state index in [0.717, 1.165) is 23.0 Å². The van der Waals surface area contributed by atoms with Gasteiger partial charge in [0.05, 0.1) is 16.8 Å². The van der Waals surface area contributed by atoms with Crippen LogP contribution in [0.15, 0.2) is 23.2 Å². The maximum Gasteiger partial charge on any atom is 0.161 e. The molecule has 0 aliphatic carbocycles. The largest absolute Gasteiger partial charge is 0.334 e. The SMILES string of the molecule is CCC1CSC(Nc2ccc(Cl)cc2Cl)=N1. The summed E-state index contributed by atoms with van der Waals surface area (Å²) in [5.41, 5.74) is 0.856. The van der Waals surface area contributed by atoms with Crippen LogP contribution in [0, 0.1) is 0 Å². The Hall–Kier alpha value is -0.380. The van der Waals surface area contributed by atoms with Crippen molar-refractivity contribution in [3.05, 3.63) is 28.2 Å². The Morgan fingerprint density at radius 3 is 2.94 bits per heavy atom. The van der Waals surface area contributed by atoms with Gasteiger partial charge in [-0.3, -0.25) is 4.99 Å². The van der Waals surface area contributed by atoms with Crippen molar-refractivity contribution >= 4 is 45.8 Å². The third-order valence-electron chi connectivity index (χ3n) is 2.36. The molecule has 1 aromatic carbocycles. The average molecular weight is 275 g/mol.